The van der Waals surface area contributed by atoms with Crippen LogP contribution in [0.15, 0.2) is 18.3 Å². The summed E-state index contributed by atoms with van der Waals surface area (Å²) in [6.07, 6.45) is 3.81. The SMILES string of the molecule is COc1ccc2ncc3c(c2n1)CCCO3. The van der Waals surface area contributed by atoms with Gasteiger partial charge >= 0.3 is 0 Å². The molecule has 2 aromatic heterocycles. The molecule has 0 aromatic carbocycles. The van der Waals surface area contributed by atoms with Crippen molar-refractivity contribution in [2.75, 3.05) is 13.7 Å². The van der Waals surface area contributed by atoms with E-state index in [0.29, 0.717) is 5.88 Å². The number of aromatic nitrogens is 2. The molecule has 0 spiro atoms. The lowest BCUT2D eigenvalue weighted by atomic mass is 10.1. The van der Waals surface area contributed by atoms with Gasteiger partial charge in [-0.05, 0) is 18.9 Å². The van der Waals surface area contributed by atoms with Crippen molar-refractivity contribution in [1.29, 1.82) is 0 Å². The van der Waals surface area contributed by atoms with Gasteiger partial charge in [-0.3, -0.25) is 4.98 Å². The van der Waals surface area contributed by atoms with Crippen LogP contribution >= 0.6 is 0 Å². The van der Waals surface area contributed by atoms with Gasteiger partial charge in [0, 0.05) is 11.6 Å². The molecule has 0 saturated carbocycles. The maximum absolute atomic E-state index is 5.56. The van der Waals surface area contributed by atoms with E-state index in [0.717, 1.165) is 41.8 Å². The lowest BCUT2D eigenvalue weighted by Crippen LogP contribution is -2.09. The van der Waals surface area contributed by atoms with Crippen molar-refractivity contribution in [3.8, 4) is 11.6 Å². The molecule has 0 saturated heterocycles. The van der Waals surface area contributed by atoms with Gasteiger partial charge in [0.2, 0.25) is 5.88 Å². The Balaban J connectivity index is 2.27. The van der Waals surface area contributed by atoms with Crippen LogP contribution in [0, 0.1) is 0 Å². The summed E-state index contributed by atoms with van der Waals surface area (Å²) >= 11 is 0. The summed E-state index contributed by atoms with van der Waals surface area (Å²) in [6, 6.07) is 3.75. The molecule has 2 aromatic rings. The zero-order chi connectivity index (χ0) is 11.0. The maximum atomic E-state index is 5.56. The number of nitrogens with zero attached hydrogens (tertiary/aromatic N) is 2. The van der Waals surface area contributed by atoms with E-state index in [1.54, 1.807) is 13.3 Å². The molecule has 0 atom stereocenters. The second-order valence-corrected chi connectivity index (χ2v) is 3.77. The van der Waals surface area contributed by atoms with Crippen molar-refractivity contribution in [2.45, 2.75) is 12.8 Å². The van der Waals surface area contributed by atoms with E-state index in [1.807, 2.05) is 12.1 Å². The molecule has 1 aliphatic heterocycles. The van der Waals surface area contributed by atoms with Gasteiger partial charge in [0.05, 0.1) is 30.9 Å². The molecule has 82 valence electrons. The van der Waals surface area contributed by atoms with Crippen molar-refractivity contribution in [1.82, 2.24) is 9.97 Å². The predicted molar refractivity (Wildman–Crippen MR) is 59.9 cm³/mol. The van der Waals surface area contributed by atoms with Crippen LogP contribution in [-0.2, 0) is 6.42 Å². The van der Waals surface area contributed by atoms with Gasteiger partial charge in [-0.2, -0.15) is 0 Å². The summed E-state index contributed by atoms with van der Waals surface area (Å²) in [4.78, 5) is 8.77. The Labute approximate surface area is 93.2 Å². The largest absolute Gasteiger partial charge is 0.492 e. The minimum Gasteiger partial charge on any atom is -0.492 e. The Bertz CT molecular complexity index is 535. The number of aryl methyl sites for hydroxylation is 1. The lowest BCUT2D eigenvalue weighted by Gasteiger charge is -2.17. The van der Waals surface area contributed by atoms with Crippen LogP contribution in [0.4, 0.5) is 0 Å². The Kier molecular flexibility index (Phi) is 2.13. The highest BCUT2D eigenvalue weighted by atomic mass is 16.5. The highest BCUT2D eigenvalue weighted by molar-refractivity contribution is 5.80. The van der Waals surface area contributed by atoms with Crippen LogP contribution in [0.2, 0.25) is 0 Å². The zero-order valence-corrected chi connectivity index (χ0v) is 9.06. The number of rotatable bonds is 1. The first-order valence-corrected chi connectivity index (χ1v) is 5.34. The monoisotopic (exact) mass is 216 g/mol. The molecule has 3 rings (SSSR count). The third-order valence-electron chi connectivity index (χ3n) is 2.79. The first-order valence-electron chi connectivity index (χ1n) is 5.34. The van der Waals surface area contributed by atoms with Crippen molar-refractivity contribution >= 4 is 11.0 Å². The van der Waals surface area contributed by atoms with Crippen molar-refractivity contribution < 1.29 is 9.47 Å². The molecule has 0 unspecified atom stereocenters. The fourth-order valence-electron chi connectivity index (χ4n) is 1.99. The van der Waals surface area contributed by atoms with E-state index >= 15 is 0 Å². The van der Waals surface area contributed by atoms with Gasteiger partial charge in [0.15, 0.2) is 0 Å². The summed E-state index contributed by atoms with van der Waals surface area (Å²) in [5, 5.41) is 0. The molecule has 16 heavy (non-hydrogen) atoms. The molecule has 1 aliphatic rings. The quantitative estimate of drug-likeness (QED) is 0.731. The van der Waals surface area contributed by atoms with Gasteiger partial charge in [-0.1, -0.05) is 0 Å². The van der Waals surface area contributed by atoms with E-state index in [4.69, 9.17) is 9.47 Å². The average molecular weight is 216 g/mol. The Morgan fingerprint density at radius 1 is 1.38 bits per heavy atom. The van der Waals surface area contributed by atoms with Crippen molar-refractivity contribution in [3.63, 3.8) is 0 Å². The van der Waals surface area contributed by atoms with E-state index in [9.17, 15) is 0 Å². The highest BCUT2D eigenvalue weighted by Gasteiger charge is 2.15. The molecule has 0 radical (unpaired) electrons. The van der Waals surface area contributed by atoms with Crippen LogP contribution in [0.3, 0.4) is 0 Å². The first-order chi connectivity index (χ1) is 7.88. The second kappa shape index (κ2) is 3.63. The fraction of sp³-hybridized carbons (Fsp3) is 0.333. The predicted octanol–water partition coefficient (Wildman–Crippen LogP) is 1.96. The van der Waals surface area contributed by atoms with Crippen LogP contribution < -0.4 is 9.47 Å². The van der Waals surface area contributed by atoms with Crippen LogP contribution in [0.1, 0.15) is 12.0 Å². The minimum atomic E-state index is 0.619. The number of fused-ring (bicyclic) bond motifs is 3. The maximum Gasteiger partial charge on any atom is 0.213 e. The van der Waals surface area contributed by atoms with E-state index in [2.05, 4.69) is 9.97 Å². The van der Waals surface area contributed by atoms with Crippen molar-refractivity contribution in [2.24, 2.45) is 0 Å². The molecule has 0 aliphatic carbocycles. The number of pyridine rings is 2. The second-order valence-electron chi connectivity index (χ2n) is 3.77. The Morgan fingerprint density at radius 2 is 2.31 bits per heavy atom. The van der Waals surface area contributed by atoms with Gasteiger partial charge in [0.1, 0.15) is 5.75 Å². The summed E-state index contributed by atoms with van der Waals surface area (Å²) in [6.45, 7) is 0.768. The van der Waals surface area contributed by atoms with Gasteiger partial charge in [-0.15, -0.1) is 0 Å². The summed E-state index contributed by atoms with van der Waals surface area (Å²) in [5.74, 6) is 1.48. The number of hydrogen-bond acceptors (Lipinski definition) is 4. The van der Waals surface area contributed by atoms with Gasteiger partial charge < -0.3 is 9.47 Å². The Hall–Kier alpha value is -1.84. The number of hydrogen-bond donors (Lipinski definition) is 0. The highest BCUT2D eigenvalue weighted by Crippen LogP contribution is 2.30. The topological polar surface area (TPSA) is 44.2 Å². The van der Waals surface area contributed by atoms with E-state index < -0.39 is 0 Å². The normalized spacial score (nSPS) is 14.3. The first kappa shape index (κ1) is 9.39. The van der Waals surface area contributed by atoms with Crippen LogP contribution in [0.5, 0.6) is 11.6 Å². The van der Waals surface area contributed by atoms with E-state index in [-0.39, 0.29) is 0 Å². The lowest BCUT2D eigenvalue weighted by molar-refractivity contribution is 0.288. The molecule has 0 N–H and O–H groups in total. The molecule has 0 bridgehead atoms. The van der Waals surface area contributed by atoms with Crippen LogP contribution in [-0.4, -0.2) is 23.7 Å². The van der Waals surface area contributed by atoms with Gasteiger partial charge in [-0.25, -0.2) is 4.98 Å². The molecular formula is C12H12N2O2. The third-order valence-corrected chi connectivity index (χ3v) is 2.79. The smallest absolute Gasteiger partial charge is 0.213 e. The minimum absolute atomic E-state index is 0.619. The van der Waals surface area contributed by atoms with Crippen LogP contribution in [0.25, 0.3) is 11.0 Å². The number of methoxy groups -OCH3 is 1. The van der Waals surface area contributed by atoms with Gasteiger partial charge in [0.25, 0.3) is 0 Å². The van der Waals surface area contributed by atoms with E-state index in [1.165, 1.54) is 0 Å². The summed E-state index contributed by atoms with van der Waals surface area (Å²) < 4.78 is 10.7. The molecule has 0 fully saturated rings. The average Bonchev–Trinajstić information content (AvgIpc) is 2.38. The summed E-state index contributed by atoms with van der Waals surface area (Å²) in [5.41, 5.74) is 2.94. The molecular weight excluding hydrogens is 204 g/mol. The van der Waals surface area contributed by atoms with Crippen molar-refractivity contribution in [3.05, 3.63) is 23.9 Å². The molecule has 0 amide bonds. The molecule has 4 heteroatoms. The fourth-order valence-corrected chi connectivity index (χ4v) is 1.99. The zero-order valence-electron chi connectivity index (χ0n) is 9.06. The number of ether oxygens (including phenoxy) is 2. The molecule has 3 heterocycles. The Morgan fingerprint density at radius 3 is 3.19 bits per heavy atom. The standard InChI is InChI=1S/C12H12N2O2/c1-15-11-5-4-9-12(14-11)8-3-2-6-16-10(8)7-13-9/h4-5,7H,2-3,6H2,1H3. The third kappa shape index (κ3) is 1.38. The molecule has 4 nitrogen and oxygen atoms in total. The summed E-state index contributed by atoms with van der Waals surface area (Å²) in [7, 11) is 1.62.